The van der Waals surface area contributed by atoms with E-state index in [2.05, 4.69) is 30.2 Å². The number of halogens is 2. The zero-order valence-corrected chi connectivity index (χ0v) is 33.7. The van der Waals surface area contributed by atoms with Gasteiger partial charge in [-0.15, -0.1) is 11.3 Å². The number of hydrogen-bond donors (Lipinski definition) is 2. The molecular weight excluding hydrogens is 807 g/mol. The van der Waals surface area contributed by atoms with Crippen LogP contribution in [0.1, 0.15) is 11.3 Å². The molecule has 0 aliphatic carbocycles. The number of carboxylic acid groups (broad SMARTS) is 1. The van der Waals surface area contributed by atoms with Crippen LogP contribution in [-0.2, 0) is 11.4 Å². The van der Waals surface area contributed by atoms with Gasteiger partial charge in [0.05, 0.1) is 28.8 Å². The number of nitrogens with one attached hydrogen (secondary N) is 1. The first-order chi connectivity index (χ1) is 29.4. The number of benzene rings is 5. The summed E-state index contributed by atoms with van der Waals surface area (Å²) < 4.78 is 39.8. The Morgan fingerprint density at radius 2 is 1.70 bits per heavy atom. The maximum atomic E-state index is 14.9. The molecule has 9 rings (SSSR count). The number of fused-ring (bicyclic) bond motifs is 8. The second-order valence-electron chi connectivity index (χ2n) is 13.9. The summed E-state index contributed by atoms with van der Waals surface area (Å²) in [6.07, 6.45) is 4.36. The summed E-state index contributed by atoms with van der Waals surface area (Å²) in [5.41, 5.74) is 1.78. The van der Waals surface area contributed by atoms with Crippen molar-refractivity contribution in [2.75, 3.05) is 46.4 Å². The monoisotopic (exact) mass is 842 g/mol. The number of ether oxygens (including phenoxy) is 4. The summed E-state index contributed by atoms with van der Waals surface area (Å²) >= 11 is 8.53. The van der Waals surface area contributed by atoms with Crippen LogP contribution < -0.4 is 24.3 Å². The third-order valence-corrected chi connectivity index (χ3v) is 11.8. The number of para-hydroxylation sites is 2. The van der Waals surface area contributed by atoms with Crippen molar-refractivity contribution in [2.24, 2.45) is 0 Å². The Morgan fingerprint density at radius 1 is 0.900 bits per heavy atom. The number of hydrogen-bond acceptors (Lipinski definition) is 12. The fraction of sp³-hybridized carbons (Fsp3) is 0.178. The smallest absolute Gasteiger partial charge is 0.371 e. The molecule has 4 heterocycles. The maximum absolute atomic E-state index is 14.9. The van der Waals surface area contributed by atoms with E-state index in [0.29, 0.717) is 77.7 Å². The van der Waals surface area contributed by atoms with Gasteiger partial charge in [-0.25, -0.2) is 29.1 Å². The van der Waals surface area contributed by atoms with Crippen molar-refractivity contribution >= 4 is 76.8 Å². The summed E-state index contributed by atoms with van der Waals surface area (Å²) in [7, 11) is 1.59. The van der Waals surface area contributed by atoms with Gasteiger partial charge in [0.2, 0.25) is 11.6 Å². The van der Waals surface area contributed by atoms with E-state index in [1.54, 1.807) is 55.8 Å². The molecule has 60 heavy (non-hydrogen) atoms. The molecule has 5 aromatic carbocycles. The molecule has 1 aliphatic heterocycles. The number of aromatic nitrogens is 4. The van der Waals surface area contributed by atoms with Crippen molar-refractivity contribution < 1.29 is 33.2 Å². The minimum atomic E-state index is -1.33. The summed E-state index contributed by atoms with van der Waals surface area (Å²) in [5, 5.41) is 18.0. The topological polar surface area (TPSA) is 141 Å². The average molecular weight is 843 g/mol. The van der Waals surface area contributed by atoms with Crippen molar-refractivity contribution in [3.05, 3.63) is 125 Å². The van der Waals surface area contributed by atoms with Crippen molar-refractivity contribution in [2.45, 2.75) is 6.61 Å². The highest BCUT2D eigenvalue weighted by Gasteiger charge is 2.24. The Morgan fingerprint density at radius 3 is 2.53 bits per heavy atom. The largest absolute Gasteiger partial charge is 0.496 e. The highest BCUT2D eigenvalue weighted by atomic mass is 35.5. The molecule has 3 aromatic heterocycles. The van der Waals surface area contributed by atoms with Crippen LogP contribution in [0.4, 0.5) is 4.39 Å². The Labute approximate surface area is 351 Å². The molecule has 8 aromatic rings. The van der Waals surface area contributed by atoms with Gasteiger partial charge >= 0.3 is 5.97 Å². The first-order valence-corrected chi connectivity index (χ1v) is 20.3. The van der Waals surface area contributed by atoms with Crippen LogP contribution in [0.2, 0.25) is 5.02 Å². The molecule has 15 heteroatoms. The molecule has 302 valence electrons. The number of rotatable bonds is 13. The molecule has 2 N–H and O–H groups in total. The highest BCUT2D eigenvalue weighted by Crippen LogP contribution is 2.49. The maximum Gasteiger partial charge on any atom is 0.371 e. The number of thiophene rings is 1. The van der Waals surface area contributed by atoms with Gasteiger partial charge in [-0.3, -0.25) is 4.90 Å². The van der Waals surface area contributed by atoms with E-state index in [9.17, 15) is 14.3 Å². The first-order valence-electron chi connectivity index (χ1n) is 19.1. The molecular formula is C45H36ClFN6O6S. The molecule has 1 fully saturated rings. The van der Waals surface area contributed by atoms with Gasteiger partial charge in [0.15, 0.2) is 5.82 Å². The number of carboxylic acids is 1. The molecule has 0 atom stereocenters. The second-order valence-corrected chi connectivity index (χ2v) is 15.3. The molecule has 0 saturated carbocycles. The fourth-order valence-corrected chi connectivity index (χ4v) is 8.92. The molecule has 12 nitrogen and oxygen atoms in total. The lowest BCUT2D eigenvalue weighted by Crippen LogP contribution is -2.44. The van der Waals surface area contributed by atoms with E-state index < -0.39 is 17.5 Å². The SMILES string of the molecule is COc1ccccc1-c1nccc(COc2ccccc2/C=C(/Oc2ncnc3sc4c5ccc(F)cc5c5c(Cl)c(OCCN6CCNCC6)ccc5c4c23)C(=O)O)n1. The zero-order chi connectivity index (χ0) is 41.2. The van der Waals surface area contributed by atoms with Crippen molar-refractivity contribution in [1.29, 1.82) is 0 Å². The molecule has 1 saturated heterocycles. The zero-order valence-electron chi connectivity index (χ0n) is 32.2. The number of carbonyl (C=O) groups is 1. The van der Waals surface area contributed by atoms with Crippen LogP contribution in [0, 0.1) is 5.82 Å². The number of methoxy groups -OCH3 is 1. The highest BCUT2D eigenvalue weighted by molar-refractivity contribution is 7.26. The summed E-state index contributed by atoms with van der Waals surface area (Å²) in [6, 6.07) is 24.5. The average Bonchev–Trinajstić information content (AvgIpc) is 3.68. The Kier molecular flexibility index (Phi) is 11.1. The predicted molar refractivity (Wildman–Crippen MR) is 231 cm³/mol. The molecule has 0 unspecified atom stereocenters. The minimum Gasteiger partial charge on any atom is -0.496 e. The summed E-state index contributed by atoms with van der Waals surface area (Å²) in [5.74, 6) is -0.128. The molecule has 0 bridgehead atoms. The lowest BCUT2D eigenvalue weighted by atomic mass is 9.97. The third kappa shape index (κ3) is 7.73. The van der Waals surface area contributed by atoms with Gasteiger partial charge in [-0.1, -0.05) is 48.0 Å². The van der Waals surface area contributed by atoms with Crippen LogP contribution in [-0.4, -0.2) is 82.4 Å². The van der Waals surface area contributed by atoms with E-state index in [4.69, 9.17) is 30.5 Å². The normalized spacial score (nSPS) is 13.6. The van der Waals surface area contributed by atoms with E-state index in [-0.39, 0.29) is 12.5 Å². The second kappa shape index (κ2) is 17.0. The van der Waals surface area contributed by atoms with Crippen LogP contribution in [0.15, 0.2) is 103 Å². The Balaban J connectivity index is 1.07. The standard InChI is InChI=1S/C45H36ClFN6O6S/c1-56-34-9-5-3-7-30(34)42-49-15-14-28(52-42)24-58-33-8-4-2-6-26(33)22-36(45(54)55)59-43-39-38-31-12-13-35(57-21-20-53-18-16-48-17-19-53)40(46)37(31)32-23-27(47)10-11-29(32)41(38)60-44(39)51-25-50-43/h2-15,22-23,25,48H,16-21,24H2,1H3,(H,54,55)/b36-22+. The van der Waals surface area contributed by atoms with E-state index >= 15 is 0 Å². The van der Waals surface area contributed by atoms with Gasteiger partial charge in [-0.2, -0.15) is 0 Å². The predicted octanol–water partition coefficient (Wildman–Crippen LogP) is 8.78. The quantitative estimate of drug-likeness (QED) is 0.0651. The van der Waals surface area contributed by atoms with Gasteiger partial charge < -0.3 is 29.4 Å². The van der Waals surface area contributed by atoms with E-state index in [0.717, 1.165) is 48.4 Å². The van der Waals surface area contributed by atoms with Crippen molar-refractivity contribution in [3.8, 4) is 34.5 Å². The van der Waals surface area contributed by atoms with Crippen LogP contribution in [0.3, 0.4) is 0 Å². The van der Waals surface area contributed by atoms with Crippen molar-refractivity contribution in [3.63, 3.8) is 0 Å². The first kappa shape index (κ1) is 39.0. The van der Waals surface area contributed by atoms with E-state index in [1.165, 1.54) is 35.9 Å². The van der Waals surface area contributed by atoms with Gasteiger partial charge in [0.25, 0.3) is 0 Å². The molecule has 1 aliphatic rings. The lowest BCUT2D eigenvalue weighted by Gasteiger charge is -2.27. The Bertz CT molecular complexity index is 2960. The summed E-state index contributed by atoms with van der Waals surface area (Å²) in [4.78, 5) is 33.8. The molecule has 0 amide bonds. The van der Waals surface area contributed by atoms with Gasteiger partial charge in [-0.05, 0) is 65.4 Å². The fourth-order valence-electron chi connectivity index (χ4n) is 7.41. The number of piperazine rings is 1. The lowest BCUT2D eigenvalue weighted by molar-refractivity contribution is -0.134. The molecule has 0 radical (unpaired) electrons. The number of nitrogens with zero attached hydrogens (tertiary/aromatic N) is 5. The molecule has 0 spiro atoms. The third-order valence-electron chi connectivity index (χ3n) is 10.3. The van der Waals surface area contributed by atoms with E-state index in [1.807, 2.05) is 30.3 Å². The Hall–Kier alpha value is -6.45. The minimum absolute atomic E-state index is 0.0263. The van der Waals surface area contributed by atoms with Gasteiger partial charge in [0, 0.05) is 65.3 Å². The van der Waals surface area contributed by atoms with Gasteiger partial charge in [0.1, 0.15) is 47.4 Å². The van der Waals surface area contributed by atoms with Crippen molar-refractivity contribution in [1.82, 2.24) is 30.2 Å². The van der Waals surface area contributed by atoms with Crippen LogP contribution in [0.5, 0.6) is 23.1 Å². The summed E-state index contributed by atoms with van der Waals surface area (Å²) in [6.45, 7) is 4.96. The van der Waals surface area contributed by atoms with Crippen LogP contribution in [0.25, 0.3) is 59.3 Å². The number of aliphatic carboxylic acids is 1. The van der Waals surface area contributed by atoms with Crippen LogP contribution >= 0.6 is 22.9 Å².